The molecule has 0 aliphatic carbocycles. The first-order valence-electron chi connectivity index (χ1n) is 7.32. The summed E-state index contributed by atoms with van der Waals surface area (Å²) < 4.78 is 0. The van der Waals surface area contributed by atoms with Gasteiger partial charge in [0, 0.05) is 42.0 Å². The fraction of sp³-hybridized carbons (Fsp3) is 0.733. The van der Waals surface area contributed by atoms with Crippen LogP contribution >= 0.6 is 36.2 Å². The summed E-state index contributed by atoms with van der Waals surface area (Å²) in [6, 6.07) is 5.28. The van der Waals surface area contributed by atoms with Gasteiger partial charge in [-0.1, -0.05) is 26.2 Å². The van der Waals surface area contributed by atoms with Gasteiger partial charge < -0.3 is 5.32 Å². The van der Waals surface area contributed by atoms with E-state index >= 15 is 0 Å². The quantitative estimate of drug-likeness (QED) is 0.772. The first kappa shape index (κ1) is 20.2. The normalized spacial score (nSPS) is 17.1. The molecule has 1 saturated heterocycles. The van der Waals surface area contributed by atoms with Crippen LogP contribution in [-0.4, -0.2) is 31.1 Å². The largest absolute Gasteiger partial charge is 0.314 e. The van der Waals surface area contributed by atoms with E-state index in [0.29, 0.717) is 6.04 Å². The standard InChI is InChI=1S/C15H26N2S.2ClH/c1-3-4-5-6-14(15-8-7-13(2)18-15)17-11-9-16-10-12-17;;/h7-8,14,16H,3-6,9-12H2,1-2H3;2*1H/t14-;;/m1../s1. The average Bonchev–Trinajstić information content (AvgIpc) is 2.82. The molecule has 2 rings (SSSR count). The summed E-state index contributed by atoms with van der Waals surface area (Å²) in [5.41, 5.74) is 0. The molecule has 0 aromatic carbocycles. The number of nitrogens with one attached hydrogen (secondary N) is 1. The molecular formula is C15H28Cl2N2S. The SMILES string of the molecule is CCCCC[C@H](c1ccc(C)s1)N1CCNCC1.Cl.Cl. The summed E-state index contributed by atoms with van der Waals surface area (Å²) in [5.74, 6) is 0. The summed E-state index contributed by atoms with van der Waals surface area (Å²) in [4.78, 5) is 5.70. The smallest absolute Gasteiger partial charge is 0.0442 e. The maximum Gasteiger partial charge on any atom is 0.0442 e. The molecule has 1 fully saturated rings. The topological polar surface area (TPSA) is 15.3 Å². The van der Waals surface area contributed by atoms with Gasteiger partial charge in [0.1, 0.15) is 0 Å². The minimum atomic E-state index is 0. The van der Waals surface area contributed by atoms with Crippen molar-refractivity contribution >= 4 is 36.2 Å². The average molecular weight is 339 g/mol. The van der Waals surface area contributed by atoms with E-state index in [2.05, 4.69) is 36.2 Å². The van der Waals surface area contributed by atoms with Crippen molar-refractivity contribution in [2.24, 2.45) is 0 Å². The zero-order valence-electron chi connectivity index (χ0n) is 12.6. The van der Waals surface area contributed by atoms with Gasteiger partial charge in [0.05, 0.1) is 0 Å². The second kappa shape index (κ2) is 10.9. The van der Waals surface area contributed by atoms with Crippen LogP contribution in [-0.2, 0) is 0 Å². The van der Waals surface area contributed by atoms with Gasteiger partial charge in [0.2, 0.25) is 0 Å². The predicted molar refractivity (Wildman–Crippen MR) is 94.9 cm³/mol. The Morgan fingerprint density at radius 2 is 1.90 bits per heavy atom. The fourth-order valence-corrected chi connectivity index (χ4v) is 3.77. The molecule has 1 aliphatic heterocycles. The molecule has 2 heterocycles. The van der Waals surface area contributed by atoms with Gasteiger partial charge in [0.25, 0.3) is 0 Å². The van der Waals surface area contributed by atoms with Crippen LogP contribution in [0.15, 0.2) is 12.1 Å². The highest BCUT2D eigenvalue weighted by atomic mass is 35.5. The molecule has 1 aromatic rings. The summed E-state index contributed by atoms with van der Waals surface area (Å²) in [6.45, 7) is 9.20. The molecule has 118 valence electrons. The Morgan fingerprint density at radius 3 is 2.45 bits per heavy atom. The maximum atomic E-state index is 3.46. The number of unbranched alkanes of at least 4 members (excludes halogenated alkanes) is 2. The molecule has 1 aliphatic rings. The number of hydrogen-bond acceptors (Lipinski definition) is 3. The third-order valence-corrected chi connectivity index (χ3v) is 4.86. The van der Waals surface area contributed by atoms with Crippen molar-refractivity contribution in [1.29, 1.82) is 0 Å². The van der Waals surface area contributed by atoms with Crippen molar-refractivity contribution in [3.63, 3.8) is 0 Å². The highest BCUT2D eigenvalue weighted by Gasteiger charge is 2.22. The van der Waals surface area contributed by atoms with Crippen molar-refractivity contribution in [3.8, 4) is 0 Å². The second-order valence-corrected chi connectivity index (χ2v) is 6.57. The van der Waals surface area contributed by atoms with E-state index in [-0.39, 0.29) is 24.8 Å². The molecule has 2 nitrogen and oxygen atoms in total. The second-order valence-electron chi connectivity index (χ2n) is 5.25. The maximum absolute atomic E-state index is 3.46. The third kappa shape index (κ3) is 5.90. The molecule has 0 amide bonds. The Hall–Kier alpha value is 0.200. The summed E-state index contributed by atoms with van der Waals surface area (Å²) >= 11 is 1.99. The van der Waals surface area contributed by atoms with Gasteiger partial charge in [-0.2, -0.15) is 0 Å². The summed E-state index contributed by atoms with van der Waals surface area (Å²) in [6.07, 6.45) is 5.38. The van der Waals surface area contributed by atoms with Gasteiger partial charge in [-0.25, -0.2) is 0 Å². The zero-order valence-corrected chi connectivity index (χ0v) is 15.0. The first-order valence-corrected chi connectivity index (χ1v) is 8.14. The van der Waals surface area contributed by atoms with Crippen LogP contribution in [0.5, 0.6) is 0 Å². The molecule has 0 saturated carbocycles. The number of aryl methyl sites for hydroxylation is 1. The number of nitrogens with zero attached hydrogens (tertiary/aromatic N) is 1. The molecule has 20 heavy (non-hydrogen) atoms. The number of hydrogen-bond donors (Lipinski definition) is 1. The van der Waals surface area contributed by atoms with Gasteiger partial charge in [-0.05, 0) is 25.5 Å². The van der Waals surface area contributed by atoms with E-state index in [4.69, 9.17) is 0 Å². The summed E-state index contributed by atoms with van der Waals surface area (Å²) in [7, 11) is 0. The lowest BCUT2D eigenvalue weighted by Gasteiger charge is -2.34. The Kier molecular flexibility index (Phi) is 11.0. The Morgan fingerprint density at radius 1 is 1.20 bits per heavy atom. The molecule has 0 unspecified atom stereocenters. The van der Waals surface area contributed by atoms with E-state index < -0.39 is 0 Å². The summed E-state index contributed by atoms with van der Waals surface area (Å²) in [5, 5.41) is 3.46. The van der Waals surface area contributed by atoms with E-state index in [9.17, 15) is 0 Å². The molecule has 0 spiro atoms. The van der Waals surface area contributed by atoms with Crippen molar-refractivity contribution < 1.29 is 0 Å². The van der Waals surface area contributed by atoms with E-state index in [1.54, 1.807) is 4.88 Å². The molecule has 1 aromatic heterocycles. The number of rotatable bonds is 6. The van der Waals surface area contributed by atoms with E-state index in [1.807, 2.05) is 11.3 Å². The monoisotopic (exact) mass is 338 g/mol. The van der Waals surface area contributed by atoms with Gasteiger partial charge >= 0.3 is 0 Å². The lowest BCUT2D eigenvalue weighted by molar-refractivity contribution is 0.165. The van der Waals surface area contributed by atoms with Crippen molar-refractivity contribution in [1.82, 2.24) is 10.2 Å². The van der Waals surface area contributed by atoms with Crippen LogP contribution in [0.2, 0.25) is 0 Å². The van der Waals surface area contributed by atoms with Crippen LogP contribution in [0.4, 0.5) is 0 Å². The van der Waals surface area contributed by atoms with Crippen LogP contribution in [0.25, 0.3) is 0 Å². The van der Waals surface area contributed by atoms with Crippen molar-refractivity contribution in [2.75, 3.05) is 26.2 Å². The minimum absolute atomic E-state index is 0. The van der Waals surface area contributed by atoms with Crippen LogP contribution in [0, 0.1) is 6.92 Å². The van der Waals surface area contributed by atoms with Crippen LogP contribution < -0.4 is 5.32 Å². The van der Waals surface area contributed by atoms with E-state index in [0.717, 1.165) is 13.1 Å². The number of piperazine rings is 1. The molecule has 5 heteroatoms. The Balaban J connectivity index is 0.00000180. The van der Waals surface area contributed by atoms with Gasteiger partial charge in [-0.15, -0.1) is 36.2 Å². The number of thiophene rings is 1. The highest BCUT2D eigenvalue weighted by Crippen LogP contribution is 2.31. The molecule has 0 radical (unpaired) electrons. The Labute approximate surface area is 140 Å². The molecular weight excluding hydrogens is 311 g/mol. The number of halogens is 2. The zero-order chi connectivity index (χ0) is 12.8. The first-order chi connectivity index (χ1) is 8.81. The third-order valence-electron chi connectivity index (χ3n) is 3.76. The van der Waals surface area contributed by atoms with E-state index in [1.165, 1.54) is 43.6 Å². The van der Waals surface area contributed by atoms with Gasteiger partial charge in [-0.3, -0.25) is 4.90 Å². The Bertz CT molecular complexity index is 351. The van der Waals surface area contributed by atoms with Crippen LogP contribution in [0.1, 0.15) is 48.4 Å². The lowest BCUT2D eigenvalue weighted by Crippen LogP contribution is -2.45. The fourth-order valence-electron chi connectivity index (χ4n) is 2.72. The van der Waals surface area contributed by atoms with Crippen LogP contribution in [0.3, 0.4) is 0 Å². The van der Waals surface area contributed by atoms with Gasteiger partial charge in [0.15, 0.2) is 0 Å². The lowest BCUT2D eigenvalue weighted by atomic mass is 10.0. The highest BCUT2D eigenvalue weighted by molar-refractivity contribution is 7.12. The minimum Gasteiger partial charge on any atom is -0.314 e. The predicted octanol–water partition coefficient (Wildman–Crippen LogP) is 4.43. The van der Waals surface area contributed by atoms with Crippen molar-refractivity contribution in [2.45, 2.75) is 45.6 Å². The van der Waals surface area contributed by atoms with Crippen molar-refractivity contribution in [3.05, 3.63) is 21.9 Å². The molecule has 1 atom stereocenters. The molecule has 1 N–H and O–H groups in total. The molecule has 0 bridgehead atoms.